The Bertz CT molecular complexity index is 781. The average molecular weight is 356 g/mol. The molecular weight excluding hydrogens is 344 g/mol. The molecule has 1 aromatic carbocycles. The van der Waals surface area contributed by atoms with Crippen molar-refractivity contribution in [3.63, 3.8) is 0 Å². The van der Waals surface area contributed by atoms with Crippen LogP contribution in [0.5, 0.6) is 17.2 Å². The van der Waals surface area contributed by atoms with Crippen LogP contribution in [0.2, 0.25) is 0 Å². The standard InChI is InChI=1S/C14H12O11/c15-5-1-4-7(10(19)9(5)18)8(3(12(20)21)2-6(16)17)11(13(22)23)25-14(4)24/h1,3,8,11,15,18-19H,2H2,(H,16,17)(H,20,21)(H,22,23)/t3-,8-,11-/m0/s1. The summed E-state index contributed by atoms with van der Waals surface area (Å²) in [6.07, 6.45) is -3.16. The minimum Gasteiger partial charge on any atom is -0.504 e. The van der Waals surface area contributed by atoms with Crippen LogP contribution >= 0.6 is 0 Å². The van der Waals surface area contributed by atoms with Gasteiger partial charge in [0.05, 0.1) is 23.8 Å². The lowest BCUT2D eigenvalue weighted by molar-refractivity contribution is -0.156. The number of phenols is 3. The van der Waals surface area contributed by atoms with Crippen molar-refractivity contribution in [2.45, 2.75) is 18.4 Å². The number of carbonyl (C=O) groups excluding carboxylic acids is 1. The molecular formula is C14H12O11. The molecule has 134 valence electrons. The first kappa shape index (κ1) is 17.8. The van der Waals surface area contributed by atoms with Crippen LogP contribution in [-0.2, 0) is 19.1 Å². The number of aliphatic carboxylic acids is 3. The number of carboxylic acids is 3. The van der Waals surface area contributed by atoms with Crippen molar-refractivity contribution < 1.29 is 54.6 Å². The van der Waals surface area contributed by atoms with Crippen molar-refractivity contribution in [2.75, 3.05) is 0 Å². The van der Waals surface area contributed by atoms with Crippen molar-refractivity contribution >= 4 is 23.9 Å². The second-order valence-electron chi connectivity index (χ2n) is 5.29. The Morgan fingerprint density at radius 3 is 2.16 bits per heavy atom. The van der Waals surface area contributed by atoms with E-state index >= 15 is 0 Å². The lowest BCUT2D eigenvalue weighted by atomic mass is 9.76. The molecule has 0 amide bonds. The predicted octanol–water partition coefficient (Wildman–Crippen LogP) is -0.314. The van der Waals surface area contributed by atoms with E-state index in [2.05, 4.69) is 4.74 Å². The minimum atomic E-state index is -2.12. The summed E-state index contributed by atoms with van der Waals surface area (Å²) in [5.41, 5.74) is -1.19. The maximum atomic E-state index is 11.9. The first-order valence-corrected chi connectivity index (χ1v) is 6.72. The van der Waals surface area contributed by atoms with Gasteiger partial charge in [-0.05, 0) is 6.07 Å². The molecule has 0 unspecified atom stereocenters. The maximum Gasteiger partial charge on any atom is 0.345 e. The summed E-state index contributed by atoms with van der Waals surface area (Å²) in [6.45, 7) is 0. The minimum absolute atomic E-state index is 0.577. The molecule has 0 aliphatic carbocycles. The molecule has 0 fully saturated rings. The molecule has 1 aliphatic rings. The quantitative estimate of drug-likeness (QED) is 0.298. The van der Waals surface area contributed by atoms with Gasteiger partial charge in [-0.2, -0.15) is 0 Å². The Balaban J connectivity index is 2.78. The molecule has 0 bridgehead atoms. The third-order valence-electron chi connectivity index (χ3n) is 3.80. The Morgan fingerprint density at radius 1 is 1.08 bits per heavy atom. The second kappa shape index (κ2) is 6.19. The zero-order valence-electron chi connectivity index (χ0n) is 12.2. The molecule has 6 N–H and O–H groups in total. The van der Waals surface area contributed by atoms with Gasteiger partial charge < -0.3 is 35.4 Å². The van der Waals surface area contributed by atoms with E-state index < -0.39 is 76.6 Å². The van der Waals surface area contributed by atoms with E-state index in [1.54, 1.807) is 0 Å². The maximum absolute atomic E-state index is 11.9. The predicted molar refractivity (Wildman–Crippen MR) is 74.4 cm³/mol. The van der Waals surface area contributed by atoms with Gasteiger partial charge in [-0.25, -0.2) is 9.59 Å². The number of aromatic hydroxyl groups is 3. The zero-order valence-corrected chi connectivity index (χ0v) is 12.2. The van der Waals surface area contributed by atoms with E-state index in [1.165, 1.54) is 0 Å². The average Bonchev–Trinajstić information content (AvgIpc) is 2.50. The van der Waals surface area contributed by atoms with Crippen LogP contribution in [0.3, 0.4) is 0 Å². The number of fused-ring (bicyclic) bond motifs is 1. The fourth-order valence-corrected chi connectivity index (χ4v) is 2.74. The highest BCUT2D eigenvalue weighted by molar-refractivity contribution is 5.98. The van der Waals surface area contributed by atoms with Crippen molar-refractivity contribution in [1.82, 2.24) is 0 Å². The number of carboxylic acid groups (broad SMARTS) is 3. The van der Waals surface area contributed by atoms with Gasteiger partial charge in [0.15, 0.2) is 11.5 Å². The molecule has 1 aromatic rings. The molecule has 1 heterocycles. The van der Waals surface area contributed by atoms with E-state index in [4.69, 9.17) is 5.11 Å². The molecule has 0 radical (unpaired) electrons. The van der Waals surface area contributed by atoms with Gasteiger partial charge in [0, 0.05) is 5.56 Å². The lowest BCUT2D eigenvalue weighted by Crippen LogP contribution is -2.44. The van der Waals surface area contributed by atoms with Crippen molar-refractivity contribution in [2.24, 2.45) is 5.92 Å². The van der Waals surface area contributed by atoms with E-state index in [0.29, 0.717) is 6.07 Å². The molecule has 0 aromatic heterocycles. The number of hydrogen-bond acceptors (Lipinski definition) is 8. The van der Waals surface area contributed by atoms with Gasteiger partial charge >= 0.3 is 23.9 Å². The van der Waals surface area contributed by atoms with Crippen molar-refractivity contribution in [3.8, 4) is 17.2 Å². The summed E-state index contributed by atoms with van der Waals surface area (Å²) < 4.78 is 4.65. The highest BCUT2D eigenvalue weighted by atomic mass is 16.6. The molecule has 3 atom stereocenters. The van der Waals surface area contributed by atoms with E-state index in [-0.39, 0.29) is 0 Å². The largest absolute Gasteiger partial charge is 0.504 e. The molecule has 11 heteroatoms. The molecule has 0 saturated carbocycles. The Morgan fingerprint density at radius 2 is 1.68 bits per heavy atom. The van der Waals surface area contributed by atoms with Gasteiger partial charge in [0.2, 0.25) is 11.9 Å². The monoisotopic (exact) mass is 356 g/mol. The van der Waals surface area contributed by atoms with E-state index in [1.807, 2.05) is 0 Å². The molecule has 1 aliphatic heterocycles. The summed E-state index contributed by atoms with van der Waals surface area (Å²) in [5.74, 6) is -13.2. The van der Waals surface area contributed by atoms with E-state index in [9.17, 15) is 44.7 Å². The number of rotatable bonds is 5. The number of phenolic OH excluding ortho intramolecular Hbond substituents is 3. The molecule has 11 nitrogen and oxygen atoms in total. The van der Waals surface area contributed by atoms with Gasteiger partial charge in [-0.3, -0.25) is 9.59 Å². The summed E-state index contributed by atoms with van der Waals surface area (Å²) in [6, 6.07) is 0.664. The van der Waals surface area contributed by atoms with Crippen LogP contribution in [0.4, 0.5) is 0 Å². The van der Waals surface area contributed by atoms with Crippen LogP contribution in [0, 0.1) is 5.92 Å². The highest BCUT2D eigenvalue weighted by Crippen LogP contribution is 2.49. The molecule has 0 spiro atoms. The van der Waals surface area contributed by atoms with Gasteiger partial charge in [0.25, 0.3) is 0 Å². The lowest BCUT2D eigenvalue weighted by Gasteiger charge is -2.34. The molecule has 0 saturated heterocycles. The van der Waals surface area contributed by atoms with Crippen LogP contribution in [0.25, 0.3) is 0 Å². The first-order chi connectivity index (χ1) is 11.6. The summed E-state index contributed by atoms with van der Waals surface area (Å²) in [7, 11) is 0. The van der Waals surface area contributed by atoms with Crippen molar-refractivity contribution in [3.05, 3.63) is 17.2 Å². The molecule has 25 heavy (non-hydrogen) atoms. The zero-order chi connectivity index (χ0) is 19.0. The van der Waals surface area contributed by atoms with Gasteiger partial charge in [-0.1, -0.05) is 0 Å². The van der Waals surface area contributed by atoms with Gasteiger partial charge in [-0.15, -0.1) is 0 Å². The number of benzene rings is 1. The Labute approximate surface area is 138 Å². The second-order valence-corrected chi connectivity index (χ2v) is 5.29. The van der Waals surface area contributed by atoms with Crippen molar-refractivity contribution in [1.29, 1.82) is 0 Å². The first-order valence-electron chi connectivity index (χ1n) is 6.72. The Hall–Kier alpha value is -3.50. The molecule has 2 rings (SSSR count). The fraction of sp³-hybridized carbons (Fsp3) is 0.286. The summed E-state index contributed by atoms with van der Waals surface area (Å²) in [4.78, 5) is 45.7. The number of hydrogen-bond donors (Lipinski definition) is 6. The fourth-order valence-electron chi connectivity index (χ4n) is 2.74. The number of carbonyl (C=O) groups is 4. The topological polar surface area (TPSA) is 199 Å². The third kappa shape index (κ3) is 2.98. The number of ether oxygens (including phenoxy) is 1. The number of esters is 1. The summed E-state index contributed by atoms with van der Waals surface area (Å²) >= 11 is 0. The number of cyclic esters (lactones) is 1. The SMILES string of the molecule is O=C(O)C[C@H](C(=O)O)[C@H]1c2c(cc(O)c(O)c2O)C(=O)O[C@@H]1C(=O)O. The smallest absolute Gasteiger partial charge is 0.345 e. The van der Waals surface area contributed by atoms with Gasteiger partial charge in [0.1, 0.15) is 0 Å². The van der Waals surface area contributed by atoms with E-state index in [0.717, 1.165) is 0 Å². The van der Waals surface area contributed by atoms with Crippen LogP contribution < -0.4 is 0 Å². The normalized spacial score (nSPS) is 20.2. The summed E-state index contributed by atoms with van der Waals surface area (Å²) in [5, 5.41) is 56.5. The van der Waals surface area contributed by atoms with Crippen LogP contribution in [-0.4, -0.2) is 60.6 Å². The Kier molecular flexibility index (Phi) is 4.42. The van der Waals surface area contributed by atoms with Crippen LogP contribution in [0.15, 0.2) is 6.07 Å². The van der Waals surface area contributed by atoms with Crippen LogP contribution in [0.1, 0.15) is 28.3 Å². The third-order valence-corrected chi connectivity index (χ3v) is 3.80. The highest BCUT2D eigenvalue weighted by Gasteiger charge is 2.49.